The van der Waals surface area contributed by atoms with Crippen LogP contribution < -0.4 is 0 Å². The van der Waals surface area contributed by atoms with Crippen LogP contribution in [0.15, 0.2) is 24.5 Å². The van der Waals surface area contributed by atoms with Crippen molar-refractivity contribution in [2.45, 2.75) is 51.9 Å². The molecule has 0 aromatic heterocycles. The van der Waals surface area contributed by atoms with Gasteiger partial charge in [0.2, 0.25) is 0 Å². The first kappa shape index (κ1) is 16.2. The maximum Gasteiger partial charge on any atom is 0.445 e. The Bertz CT molecular complexity index is 317. The van der Waals surface area contributed by atoms with Gasteiger partial charge in [-0.3, -0.25) is 4.55 Å². The smallest absolute Gasteiger partial charge is 0.370 e. The Morgan fingerprint density at radius 3 is 2.35 bits per heavy atom. The van der Waals surface area contributed by atoms with Crippen LogP contribution in [0.3, 0.4) is 0 Å². The molecule has 0 bridgehead atoms. The molecule has 0 aliphatic carbocycles. The Morgan fingerprint density at radius 2 is 1.71 bits per heavy atom. The van der Waals surface area contributed by atoms with Gasteiger partial charge in [-0.2, -0.15) is 8.42 Å². The molecular weight excluding hydrogens is 240 g/mol. The molecule has 0 atom stereocenters. The molecule has 0 fully saturated rings. The van der Waals surface area contributed by atoms with Gasteiger partial charge in [-0.15, -0.1) is 0 Å². The van der Waals surface area contributed by atoms with Crippen molar-refractivity contribution in [3.63, 3.8) is 0 Å². The van der Waals surface area contributed by atoms with Crippen molar-refractivity contribution >= 4 is 10.4 Å². The van der Waals surface area contributed by atoms with Gasteiger partial charge in [0.1, 0.15) is 6.26 Å². The zero-order valence-electron chi connectivity index (χ0n) is 10.3. The molecule has 0 heterocycles. The van der Waals surface area contributed by atoms with Crippen LogP contribution in [0, 0.1) is 0 Å². The Morgan fingerprint density at radius 1 is 1.06 bits per heavy atom. The highest BCUT2D eigenvalue weighted by molar-refractivity contribution is 7.81. The van der Waals surface area contributed by atoms with Crippen LogP contribution in [0.5, 0.6) is 0 Å². The van der Waals surface area contributed by atoms with Gasteiger partial charge >= 0.3 is 10.4 Å². The first-order valence-electron chi connectivity index (χ1n) is 6.03. The van der Waals surface area contributed by atoms with E-state index < -0.39 is 10.4 Å². The van der Waals surface area contributed by atoms with Gasteiger partial charge in [0.15, 0.2) is 0 Å². The SMILES string of the molecule is CCCCCCCC/C=C/C=C/OS(=O)(=O)O. The largest absolute Gasteiger partial charge is 0.445 e. The van der Waals surface area contributed by atoms with E-state index in [4.69, 9.17) is 4.55 Å². The lowest BCUT2D eigenvalue weighted by Gasteiger charge is -1.97. The van der Waals surface area contributed by atoms with Crippen LogP contribution >= 0.6 is 0 Å². The van der Waals surface area contributed by atoms with Crippen molar-refractivity contribution < 1.29 is 17.2 Å². The highest BCUT2D eigenvalue weighted by atomic mass is 32.3. The second-order valence-corrected chi connectivity index (χ2v) is 4.88. The highest BCUT2D eigenvalue weighted by Crippen LogP contribution is 2.07. The summed E-state index contributed by atoms with van der Waals surface area (Å²) in [7, 11) is -4.36. The molecule has 4 nitrogen and oxygen atoms in total. The van der Waals surface area contributed by atoms with Crippen LogP contribution in [-0.2, 0) is 14.6 Å². The summed E-state index contributed by atoms with van der Waals surface area (Å²) in [5, 5.41) is 0. The van der Waals surface area contributed by atoms with Crippen LogP contribution in [0.2, 0.25) is 0 Å². The van der Waals surface area contributed by atoms with E-state index in [9.17, 15) is 8.42 Å². The topological polar surface area (TPSA) is 63.6 Å². The Kier molecular flexibility index (Phi) is 9.86. The molecule has 5 heteroatoms. The van der Waals surface area contributed by atoms with Crippen LogP contribution in [-0.4, -0.2) is 13.0 Å². The van der Waals surface area contributed by atoms with Gasteiger partial charge in [-0.25, -0.2) is 0 Å². The predicted molar refractivity (Wildman–Crippen MR) is 68.9 cm³/mol. The fourth-order valence-electron chi connectivity index (χ4n) is 1.36. The zero-order valence-corrected chi connectivity index (χ0v) is 11.2. The number of rotatable bonds is 10. The molecule has 0 aromatic rings. The van der Waals surface area contributed by atoms with E-state index in [1.165, 1.54) is 38.2 Å². The summed E-state index contributed by atoms with van der Waals surface area (Å²) in [4.78, 5) is 0. The molecule has 0 amide bonds. The lowest BCUT2D eigenvalue weighted by atomic mass is 10.1. The van der Waals surface area contributed by atoms with E-state index in [1.54, 1.807) is 6.08 Å². The molecule has 17 heavy (non-hydrogen) atoms. The van der Waals surface area contributed by atoms with Gasteiger partial charge in [-0.05, 0) is 18.9 Å². The summed E-state index contributed by atoms with van der Waals surface area (Å²) in [6.45, 7) is 2.20. The summed E-state index contributed by atoms with van der Waals surface area (Å²) >= 11 is 0. The minimum atomic E-state index is -4.36. The van der Waals surface area contributed by atoms with Crippen LogP contribution in [0.4, 0.5) is 0 Å². The summed E-state index contributed by atoms with van der Waals surface area (Å²) in [5.74, 6) is 0. The van der Waals surface area contributed by atoms with E-state index in [-0.39, 0.29) is 0 Å². The van der Waals surface area contributed by atoms with Crippen molar-refractivity contribution in [3.05, 3.63) is 24.5 Å². The Labute approximate surface area is 104 Å². The van der Waals surface area contributed by atoms with E-state index in [1.807, 2.05) is 6.08 Å². The summed E-state index contributed by atoms with van der Waals surface area (Å²) in [6, 6.07) is 0. The molecule has 1 N–H and O–H groups in total. The summed E-state index contributed by atoms with van der Waals surface area (Å²) in [6.07, 6.45) is 14.5. The van der Waals surface area contributed by atoms with Gasteiger partial charge in [0.05, 0.1) is 0 Å². The monoisotopic (exact) mass is 262 g/mol. The van der Waals surface area contributed by atoms with Gasteiger partial charge < -0.3 is 4.18 Å². The second kappa shape index (κ2) is 10.4. The average molecular weight is 262 g/mol. The summed E-state index contributed by atoms with van der Waals surface area (Å²) < 4.78 is 32.5. The highest BCUT2D eigenvalue weighted by Gasteiger charge is 1.97. The molecule has 0 radical (unpaired) electrons. The van der Waals surface area contributed by atoms with Crippen molar-refractivity contribution in [2.75, 3.05) is 0 Å². The molecule has 0 aliphatic rings. The van der Waals surface area contributed by atoms with Crippen molar-refractivity contribution in [1.29, 1.82) is 0 Å². The van der Waals surface area contributed by atoms with E-state index in [2.05, 4.69) is 11.1 Å². The van der Waals surface area contributed by atoms with E-state index in [0.717, 1.165) is 19.1 Å². The molecule has 0 saturated carbocycles. The molecule has 0 saturated heterocycles. The predicted octanol–water partition coefficient (Wildman–Crippen LogP) is 3.63. The van der Waals surface area contributed by atoms with Crippen molar-refractivity contribution in [2.24, 2.45) is 0 Å². The van der Waals surface area contributed by atoms with Gasteiger partial charge in [0.25, 0.3) is 0 Å². The standard InChI is InChI=1S/C12H22O4S/c1-2-3-4-5-6-7-8-9-10-11-12-16-17(13,14)15/h9-12H,2-8H2,1H3,(H,13,14,15)/b10-9+,12-11+. The molecule has 0 rings (SSSR count). The minimum Gasteiger partial charge on any atom is -0.370 e. The average Bonchev–Trinajstić information content (AvgIpc) is 2.24. The van der Waals surface area contributed by atoms with E-state index >= 15 is 0 Å². The maximum atomic E-state index is 10.1. The quantitative estimate of drug-likeness (QED) is 0.282. The molecule has 0 spiro atoms. The molecule has 0 unspecified atom stereocenters. The van der Waals surface area contributed by atoms with Crippen LogP contribution in [0.1, 0.15) is 51.9 Å². The third-order valence-corrected chi connectivity index (χ3v) is 2.58. The lowest BCUT2D eigenvalue weighted by Crippen LogP contribution is -1.96. The lowest BCUT2D eigenvalue weighted by molar-refractivity contribution is 0.356. The van der Waals surface area contributed by atoms with Crippen LogP contribution in [0.25, 0.3) is 0 Å². The normalized spacial score (nSPS) is 12.6. The zero-order chi connectivity index (χ0) is 13.0. The van der Waals surface area contributed by atoms with Crippen molar-refractivity contribution in [1.82, 2.24) is 0 Å². The van der Waals surface area contributed by atoms with Gasteiger partial charge in [-0.1, -0.05) is 51.2 Å². The third kappa shape index (κ3) is 15.2. The summed E-state index contributed by atoms with van der Waals surface area (Å²) in [5.41, 5.74) is 0. The van der Waals surface area contributed by atoms with Gasteiger partial charge in [0, 0.05) is 0 Å². The Balaban J connectivity index is 3.37. The maximum absolute atomic E-state index is 10.1. The van der Waals surface area contributed by atoms with E-state index in [0.29, 0.717) is 0 Å². The molecular formula is C12H22O4S. The number of hydrogen-bond donors (Lipinski definition) is 1. The van der Waals surface area contributed by atoms with Crippen molar-refractivity contribution in [3.8, 4) is 0 Å². The molecule has 0 aliphatic heterocycles. The Hall–Kier alpha value is -0.810. The second-order valence-electron chi connectivity index (χ2n) is 3.84. The third-order valence-electron chi connectivity index (χ3n) is 2.23. The first-order chi connectivity index (χ1) is 8.06. The molecule has 100 valence electrons. The number of hydrogen-bond acceptors (Lipinski definition) is 3. The first-order valence-corrected chi connectivity index (χ1v) is 7.40. The fourth-order valence-corrected chi connectivity index (χ4v) is 1.57. The fraction of sp³-hybridized carbons (Fsp3) is 0.667. The number of allylic oxidation sites excluding steroid dienone is 3. The number of unbranched alkanes of at least 4 members (excludes halogenated alkanes) is 6. The minimum absolute atomic E-state index is 0.938. The molecule has 0 aromatic carbocycles.